The molecule has 8 rings (SSSR count). The van der Waals surface area contributed by atoms with Gasteiger partial charge in [0.2, 0.25) is 16.2 Å². The van der Waals surface area contributed by atoms with Crippen LogP contribution in [0.5, 0.6) is 0 Å². The molecule has 398 valence electrons. The number of alkyl halides is 3. The van der Waals surface area contributed by atoms with E-state index in [4.69, 9.17) is 82.2 Å². The number of esters is 6. The molecule has 6 aromatic rings. The van der Waals surface area contributed by atoms with E-state index in [2.05, 4.69) is 6.58 Å². The summed E-state index contributed by atoms with van der Waals surface area (Å²) in [4.78, 5) is 84.3. The SMILES string of the molecule is C=C(OC1OC(COC(=O)c2ccccc2)C(OC2OC(COC(=O)c3ccccc3)C(C)C(OC(=O)c3ccccc3)C2OC(=O)c2ccccc2)C(OC(=O)c2ccccc2)C1OC(=O)c1ccccc1)C(Cl)(Cl)Cl. The zero-order valence-electron chi connectivity index (χ0n) is 40.9. The second-order valence-electron chi connectivity index (χ2n) is 17.5. The van der Waals surface area contributed by atoms with Crippen LogP contribution < -0.4 is 0 Å². The molecule has 10 unspecified atom stereocenters. The molecule has 2 heterocycles. The van der Waals surface area contributed by atoms with E-state index in [-0.39, 0.29) is 33.4 Å². The van der Waals surface area contributed by atoms with Crippen LogP contribution in [0, 0.1) is 5.92 Å². The molecule has 0 bridgehead atoms. The minimum absolute atomic E-state index is 0.0201. The van der Waals surface area contributed by atoms with Crippen molar-refractivity contribution in [3.8, 4) is 0 Å². The van der Waals surface area contributed by atoms with E-state index in [9.17, 15) is 28.8 Å². The average Bonchev–Trinajstić information content (AvgIpc) is 3.46. The highest BCUT2D eigenvalue weighted by Crippen LogP contribution is 2.40. The first-order chi connectivity index (χ1) is 37.1. The van der Waals surface area contributed by atoms with Gasteiger partial charge in [-0.05, 0) is 72.8 Å². The summed E-state index contributed by atoms with van der Waals surface area (Å²) in [6.45, 7) is 4.17. The average molecular weight is 1110 g/mol. The van der Waals surface area contributed by atoms with Crippen LogP contribution in [0.4, 0.5) is 0 Å². The third-order valence-electron chi connectivity index (χ3n) is 12.2. The molecule has 77 heavy (non-hydrogen) atoms. The van der Waals surface area contributed by atoms with Gasteiger partial charge in [0.15, 0.2) is 18.5 Å². The second kappa shape index (κ2) is 26.0. The van der Waals surface area contributed by atoms with Gasteiger partial charge in [-0.3, -0.25) is 0 Å². The molecule has 2 fully saturated rings. The summed E-state index contributed by atoms with van der Waals surface area (Å²) in [5.41, 5.74) is 0.605. The molecule has 19 heteroatoms. The number of ether oxygens (including phenoxy) is 10. The third-order valence-corrected chi connectivity index (χ3v) is 12.9. The molecule has 2 aliphatic rings. The highest BCUT2D eigenvalue weighted by Gasteiger charge is 2.57. The summed E-state index contributed by atoms with van der Waals surface area (Å²) in [6.07, 6.45) is -15.4. The largest absolute Gasteiger partial charge is 0.461 e. The Morgan fingerprint density at radius 2 is 0.701 bits per heavy atom. The first-order valence-corrected chi connectivity index (χ1v) is 25.2. The Morgan fingerprint density at radius 1 is 0.403 bits per heavy atom. The zero-order chi connectivity index (χ0) is 54.5. The molecule has 2 saturated heterocycles. The lowest BCUT2D eigenvalue weighted by Crippen LogP contribution is -2.66. The predicted molar refractivity (Wildman–Crippen MR) is 278 cm³/mol. The molecule has 6 aromatic carbocycles. The fourth-order valence-electron chi connectivity index (χ4n) is 8.22. The number of hydrogen-bond acceptors (Lipinski definition) is 16. The van der Waals surface area contributed by atoms with Gasteiger partial charge in [-0.2, -0.15) is 0 Å². The number of allylic oxidation sites excluding steroid dienone is 1. The Bertz CT molecular complexity index is 2970. The molecular weight excluding hydrogens is 1060 g/mol. The van der Waals surface area contributed by atoms with Crippen molar-refractivity contribution in [2.24, 2.45) is 5.92 Å². The Balaban J connectivity index is 1.27. The summed E-state index contributed by atoms with van der Waals surface area (Å²) in [5, 5.41) is 0. The van der Waals surface area contributed by atoms with E-state index in [0.29, 0.717) is 0 Å². The topological polar surface area (TPSA) is 195 Å². The van der Waals surface area contributed by atoms with Gasteiger partial charge in [-0.1, -0.05) is 158 Å². The molecule has 2 aliphatic heterocycles. The van der Waals surface area contributed by atoms with Gasteiger partial charge in [0.05, 0.1) is 33.4 Å². The molecule has 0 spiro atoms. The minimum atomic E-state index is -2.32. The number of rotatable bonds is 18. The molecule has 0 radical (unpaired) electrons. The first-order valence-electron chi connectivity index (χ1n) is 24.0. The van der Waals surface area contributed by atoms with Crippen LogP contribution in [0.3, 0.4) is 0 Å². The molecule has 16 nitrogen and oxygen atoms in total. The van der Waals surface area contributed by atoms with Crippen LogP contribution in [0.2, 0.25) is 0 Å². The van der Waals surface area contributed by atoms with E-state index in [1.54, 1.807) is 128 Å². The van der Waals surface area contributed by atoms with Crippen LogP contribution in [0.25, 0.3) is 0 Å². The van der Waals surface area contributed by atoms with E-state index in [1.807, 2.05) is 0 Å². The summed E-state index contributed by atoms with van der Waals surface area (Å²) < 4.78 is 60.5. The minimum Gasteiger partial charge on any atom is -0.461 e. The Hall–Kier alpha value is -7.57. The maximum atomic E-state index is 14.5. The highest BCUT2D eigenvalue weighted by molar-refractivity contribution is 6.69. The fraction of sp³-hybridized carbons (Fsp3) is 0.241. The van der Waals surface area contributed by atoms with Crippen LogP contribution in [-0.2, 0) is 47.4 Å². The lowest BCUT2D eigenvalue weighted by atomic mass is 9.90. The van der Waals surface area contributed by atoms with Gasteiger partial charge in [0, 0.05) is 5.92 Å². The standard InChI is InChI=1S/C58H49Cl3O16/c1-35-43(33-68-50(62)37-21-9-3-10-22-37)71-57(48(75-54(66)41-29-17-7-18-30-41)45(35)73-52(64)39-25-13-5-14-26-39)77-46-44(34-69-51(63)38-23-11-4-12-24-38)72-56(70-36(2)58(59,60)61)49(76-55(67)42-31-19-8-20-32-42)47(46)74-53(65)40-27-15-6-16-28-40/h3-32,35,43-49,56-57H,2,33-34H2,1H3. The Kier molecular flexibility index (Phi) is 18.8. The maximum Gasteiger partial charge on any atom is 0.338 e. The molecule has 0 N–H and O–H groups in total. The number of hydrogen-bond donors (Lipinski definition) is 0. The van der Waals surface area contributed by atoms with Crippen molar-refractivity contribution < 1.29 is 76.1 Å². The number of halogens is 3. The fourth-order valence-corrected chi connectivity index (χ4v) is 8.36. The number of carbonyl (C=O) groups excluding carboxylic acids is 6. The summed E-state index contributed by atoms with van der Waals surface area (Å²) in [6, 6.07) is 47.4. The molecule has 0 saturated carbocycles. The van der Waals surface area contributed by atoms with Crippen molar-refractivity contribution >= 4 is 70.6 Å². The third kappa shape index (κ3) is 14.5. The van der Waals surface area contributed by atoms with Crippen LogP contribution >= 0.6 is 34.8 Å². The lowest BCUT2D eigenvalue weighted by molar-refractivity contribution is -0.349. The Labute approximate surface area is 457 Å². The van der Waals surface area contributed by atoms with Crippen molar-refractivity contribution in [2.45, 2.75) is 66.0 Å². The van der Waals surface area contributed by atoms with Crippen molar-refractivity contribution in [1.82, 2.24) is 0 Å². The van der Waals surface area contributed by atoms with Gasteiger partial charge in [0.1, 0.15) is 43.4 Å². The smallest absolute Gasteiger partial charge is 0.338 e. The molecule has 0 amide bonds. The van der Waals surface area contributed by atoms with Crippen molar-refractivity contribution in [3.63, 3.8) is 0 Å². The van der Waals surface area contributed by atoms with Gasteiger partial charge < -0.3 is 47.4 Å². The highest BCUT2D eigenvalue weighted by atomic mass is 35.6. The van der Waals surface area contributed by atoms with Crippen molar-refractivity contribution in [3.05, 3.63) is 228 Å². The molecule has 0 aromatic heterocycles. The van der Waals surface area contributed by atoms with Crippen LogP contribution in [0.15, 0.2) is 194 Å². The maximum absolute atomic E-state index is 14.5. The van der Waals surface area contributed by atoms with E-state index in [1.165, 1.54) is 60.7 Å². The van der Waals surface area contributed by atoms with Gasteiger partial charge >= 0.3 is 35.8 Å². The Morgan fingerprint density at radius 3 is 1.06 bits per heavy atom. The van der Waals surface area contributed by atoms with E-state index in [0.717, 1.165) is 0 Å². The number of benzene rings is 6. The van der Waals surface area contributed by atoms with Gasteiger partial charge in [-0.25, -0.2) is 28.8 Å². The summed E-state index contributed by atoms with van der Waals surface area (Å²) >= 11 is 18.8. The van der Waals surface area contributed by atoms with E-state index < -0.39 is 120 Å². The normalized spacial score (nSPS) is 23.0. The monoisotopic (exact) mass is 1110 g/mol. The molecular formula is C58H49Cl3O16. The first kappa shape index (κ1) is 55.7. The lowest BCUT2D eigenvalue weighted by Gasteiger charge is -2.49. The van der Waals surface area contributed by atoms with Crippen LogP contribution in [-0.4, -0.2) is 108 Å². The van der Waals surface area contributed by atoms with Crippen molar-refractivity contribution in [2.75, 3.05) is 13.2 Å². The quantitative estimate of drug-likeness (QED) is 0.0341. The van der Waals surface area contributed by atoms with Crippen LogP contribution in [0.1, 0.15) is 69.1 Å². The predicted octanol–water partition coefficient (Wildman–Crippen LogP) is 9.97. The summed E-state index contributed by atoms with van der Waals surface area (Å²) in [5.74, 6) is -6.76. The molecule has 0 aliphatic carbocycles. The second-order valence-corrected chi connectivity index (χ2v) is 19.7. The van der Waals surface area contributed by atoms with Crippen molar-refractivity contribution in [1.29, 1.82) is 0 Å². The summed E-state index contributed by atoms with van der Waals surface area (Å²) in [7, 11) is 0. The van der Waals surface area contributed by atoms with Gasteiger partial charge in [0.25, 0.3) is 0 Å². The van der Waals surface area contributed by atoms with E-state index >= 15 is 0 Å². The molecule has 10 atom stereocenters. The van der Waals surface area contributed by atoms with Gasteiger partial charge in [-0.15, -0.1) is 0 Å². The zero-order valence-corrected chi connectivity index (χ0v) is 43.1. The number of carbonyl (C=O) groups is 6.